The van der Waals surface area contributed by atoms with Crippen molar-refractivity contribution < 1.29 is 4.79 Å². The average molecular weight is 394 g/mol. The summed E-state index contributed by atoms with van der Waals surface area (Å²) in [4.78, 5) is 12.2. The molecule has 0 aliphatic heterocycles. The third-order valence-corrected chi connectivity index (χ3v) is 5.75. The summed E-state index contributed by atoms with van der Waals surface area (Å²) in [5.41, 5.74) is 4.54. The molecule has 3 aromatic rings. The van der Waals surface area contributed by atoms with Gasteiger partial charge in [0.2, 0.25) is 5.91 Å². The van der Waals surface area contributed by atoms with Crippen LogP contribution in [-0.4, -0.2) is 22.2 Å². The lowest BCUT2D eigenvalue weighted by atomic mass is 10.0. The molecule has 0 spiro atoms. The number of nitrogens with one attached hydrogen (secondary N) is 1. The summed E-state index contributed by atoms with van der Waals surface area (Å²) in [7, 11) is 0. The van der Waals surface area contributed by atoms with Crippen LogP contribution < -0.4 is 5.32 Å². The maximum Gasteiger partial charge on any atom is 0.223 e. The summed E-state index contributed by atoms with van der Waals surface area (Å²) >= 11 is 5.98. The normalized spacial score (nSPS) is 18.9. The Morgan fingerprint density at radius 2 is 1.68 bits per heavy atom. The first kappa shape index (κ1) is 18.8. The monoisotopic (exact) mass is 393 g/mol. The number of carbonyl (C=O) groups excluding carboxylic acids is 1. The molecular weight excluding hydrogens is 370 g/mol. The lowest BCUT2D eigenvalue weighted by Crippen LogP contribution is -2.29. The van der Waals surface area contributed by atoms with Crippen molar-refractivity contribution in [2.45, 2.75) is 32.2 Å². The Kier molecular flexibility index (Phi) is 5.49. The number of amides is 1. The van der Waals surface area contributed by atoms with Crippen LogP contribution in [0.2, 0.25) is 5.02 Å². The maximum absolute atomic E-state index is 12.2. The van der Waals surface area contributed by atoms with Gasteiger partial charge in [0.05, 0.1) is 11.7 Å². The van der Waals surface area contributed by atoms with Crippen LogP contribution in [0.1, 0.15) is 32.2 Å². The molecule has 1 aliphatic rings. The molecule has 1 aromatic heterocycles. The van der Waals surface area contributed by atoms with Crippen molar-refractivity contribution in [2.75, 3.05) is 6.54 Å². The fourth-order valence-corrected chi connectivity index (χ4v) is 4.17. The molecule has 1 heterocycles. The smallest absolute Gasteiger partial charge is 0.223 e. The van der Waals surface area contributed by atoms with E-state index < -0.39 is 0 Å². The highest BCUT2D eigenvalue weighted by atomic mass is 35.5. The second kappa shape index (κ2) is 8.19. The molecule has 1 fully saturated rings. The molecule has 4 nitrogen and oxygen atoms in total. The molecule has 28 heavy (non-hydrogen) atoms. The summed E-state index contributed by atoms with van der Waals surface area (Å²) in [6.45, 7) is 2.65. The van der Waals surface area contributed by atoms with Crippen molar-refractivity contribution in [1.29, 1.82) is 0 Å². The number of halogens is 1. The Hall–Kier alpha value is -2.59. The first-order chi connectivity index (χ1) is 13.7. The Labute approximate surface area is 170 Å². The number of carbonyl (C=O) groups is 1. The molecule has 2 atom stereocenters. The molecule has 144 valence electrons. The van der Waals surface area contributed by atoms with Crippen LogP contribution in [0.4, 0.5) is 0 Å². The van der Waals surface area contributed by atoms with Gasteiger partial charge in [0.1, 0.15) is 0 Å². The van der Waals surface area contributed by atoms with E-state index in [1.54, 1.807) is 0 Å². The van der Waals surface area contributed by atoms with E-state index in [1.807, 2.05) is 37.4 Å². The number of hydrogen-bond acceptors (Lipinski definition) is 2. The minimum atomic E-state index is 0.0919. The first-order valence-corrected chi connectivity index (χ1v) is 10.2. The number of benzene rings is 2. The lowest BCUT2D eigenvalue weighted by Gasteiger charge is -2.16. The highest BCUT2D eigenvalue weighted by Crippen LogP contribution is 2.37. The predicted molar refractivity (Wildman–Crippen MR) is 113 cm³/mol. The van der Waals surface area contributed by atoms with Crippen LogP contribution in [0.25, 0.3) is 22.4 Å². The van der Waals surface area contributed by atoms with Crippen LogP contribution in [-0.2, 0) is 4.79 Å². The van der Waals surface area contributed by atoms with Crippen LogP contribution in [0, 0.1) is 5.92 Å². The van der Waals surface area contributed by atoms with E-state index in [2.05, 4.69) is 45.4 Å². The van der Waals surface area contributed by atoms with E-state index in [0.717, 1.165) is 46.7 Å². The Morgan fingerprint density at radius 3 is 2.36 bits per heavy atom. The third-order valence-electron chi connectivity index (χ3n) is 5.50. The molecular formula is C23H24ClN3O. The van der Waals surface area contributed by atoms with Crippen LogP contribution in [0.15, 0.2) is 60.8 Å². The highest BCUT2D eigenvalue weighted by molar-refractivity contribution is 6.30. The fraction of sp³-hybridized carbons (Fsp3) is 0.304. The number of rotatable bonds is 5. The minimum Gasteiger partial charge on any atom is -0.356 e. The Morgan fingerprint density at radius 1 is 1.04 bits per heavy atom. The predicted octanol–water partition coefficient (Wildman–Crippen LogP) is 5.35. The molecule has 1 N–H and O–H groups in total. The molecule has 0 radical (unpaired) electrons. The van der Waals surface area contributed by atoms with E-state index in [0.29, 0.717) is 6.54 Å². The van der Waals surface area contributed by atoms with E-state index in [9.17, 15) is 4.79 Å². The molecule has 5 heteroatoms. The van der Waals surface area contributed by atoms with Gasteiger partial charge in [0.25, 0.3) is 0 Å². The number of aromatic nitrogens is 2. The zero-order valence-electron chi connectivity index (χ0n) is 15.9. The topological polar surface area (TPSA) is 46.9 Å². The standard InChI is InChI=1S/C23H24ClN3O/c1-2-25-23(28)19-9-12-21(15-19)27-22(13-14-26-27)18-5-3-16(4-6-18)17-7-10-20(24)11-8-17/h3-8,10-11,13-14,19,21H,2,9,12,15H2,1H3,(H,25,28)/t19-,21+/m0/s1. The molecule has 0 bridgehead atoms. The Bertz CT molecular complexity index is 947. The first-order valence-electron chi connectivity index (χ1n) is 9.83. The fourth-order valence-electron chi connectivity index (χ4n) is 4.05. The van der Waals surface area contributed by atoms with Gasteiger partial charge in [-0.3, -0.25) is 9.48 Å². The molecule has 0 unspecified atom stereocenters. The summed E-state index contributed by atoms with van der Waals surface area (Å²) in [5, 5.41) is 8.27. The van der Waals surface area contributed by atoms with Gasteiger partial charge in [0, 0.05) is 23.7 Å². The quantitative estimate of drug-likeness (QED) is 0.635. The van der Waals surface area contributed by atoms with E-state index in [-0.39, 0.29) is 17.9 Å². The second-order valence-electron chi connectivity index (χ2n) is 7.30. The van der Waals surface area contributed by atoms with Gasteiger partial charge in [-0.05, 0) is 61.1 Å². The van der Waals surface area contributed by atoms with Gasteiger partial charge in [-0.25, -0.2) is 0 Å². The Balaban J connectivity index is 1.53. The molecule has 4 rings (SSSR count). The van der Waals surface area contributed by atoms with Gasteiger partial charge in [0.15, 0.2) is 0 Å². The molecule has 2 aromatic carbocycles. The van der Waals surface area contributed by atoms with Crippen LogP contribution in [0.5, 0.6) is 0 Å². The van der Waals surface area contributed by atoms with E-state index >= 15 is 0 Å². The molecule has 1 amide bonds. The van der Waals surface area contributed by atoms with Crippen molar-refractivity contribution in [1.82, 2.24) is 15.1 Å². The molecule has 0 saturated heterocycles. The van der Waals surface area contributed by atoms with Gasteiger partial charge >= 0.3 is 0 Å². The van der Waals surface area contributed by atoms with Gasteiger partial charge < -0.3 is 5.32 Å². The van der Waals surface area contributed by atoms with Crippen molar-refractivity contribution >= 4 is 17.5 Å². The lowest BCUT2D eigenvalue weighted by molar-refractivity contribution is -0.124. The summed E-state index contributed by atoms with van der Waals surface area (Å²) in [6, 6.07) is 18.7. The van der Waals surface area contributed by atoms with Gasteiger partial charge in [-0.15, -0.1) is 0 Å². The summed E-state index contributed by atoms with van der Waals surface area (Å²) < 4.78 is 2.09. The zero-order chi connectivity index (χ0) is 19.5. The van der Waals surface area contributed by atoms with Gasteiger partial charge in [-0.1, -0.05) is 48.0 Å². The molecule has 1 aliphatic carbocycles. The molecule has 1 saturated carbocycles. The maximum atomic E-state index is 12.2. The zero-order valence-corrected chi connectivity index (χ0v) is 16.7. The number of nitrogens with zero attached hydrogens (tertiary/aromatic N) is 2. The van der Waals surface area contributed by atoms with Crippen LogP contribution in [0.3, 0.4) is 0 Å². The van der Waals surface area contributed by atoms with E-state index in [1.165, 1.54) is 0 Å². The van der Waals surface area contributed by atoms with Crippen molar-refractivity contribution in [3.8, 4) is 22.4 Å². The van der Waals surface area contributed by atoms with Gasteiger partial charge in [-0.2, -0.15) is 5.10 Å². The van der Waals surface area contributed by atoms with Crippen molar-refractivity contribution in [3.05, 3.63) is 65.8 Å². The summed E-state index contributed by atoms with van der Waals surface area (Å²) in [5.74, 6) is 0.264. The third kappa shape index (κ3) is 3.83. The second-order valence-corrected chi connectivity index (χ2v) is 7.74. The SMILES string of the molecule is CCNC(=O)[C@H]1CC[C@@H](n2nccc2-c2ccc(-c3ccc(Cl)cc3)cc2)C1. The summed E-state index contributed by atoms with van der Waals surface area (Å²) in [6.07, 6.45) is 4.61. The van der Waals surface area contributed by atoms with Crippen molar-refractivity contribution in [2.24, 2.45) is 5.92 Å². The van der Waals surface area contributed by atoms with Crippen LogP contribution >= 0.6 is 11.6 Å². The van der Waals surface area contributed by atoms with Crippen molar-refractivity contribution in [3.63, 3.8) is 0 Å². The van der Waals surface area contributed by atoms with E-state index in [4.69, 9.17) is 11.6 Å². The largest absolute Gasteiger partial charge is 0.356 e. The average Bonchev–Trinajstić information content (AvgIpc) is 3.38. The highest BCUT2D eigenvalue weighted by Gasteiger charge is 2.32. The number of hydrogen-bond donors (Lipinski definition) is 1. The minimum absolute atomic E-state index is 0.0919.